The Morgan fingerprint density at radius 3 is 2.32 bits per heavy atom. The molecule has 1 heterocycles. The lowest BCUT2D eigenvalue weighted by Gasteiger charge is -2.37. The number of hydrogen-bond acceptors (Lipinski definition) is 4. The lowest BCUT2D eigenvalue weighted by molar-refractivity contribution is -0.386. The summed E-state index contributed by atoms with van der Waals surface area (Å²) in [6, 6.07) is 0. The Labute approximate surface area is 132 Å². The normalized spacial score (nSPS) is 19.6. The van der Waals surface area contributed by atoms with E-state index in [0.717, 1.165) is 35.3 Å². The first-order chi connectivity index (χ1) is 10.3. The van der Waals surface area contributed by atoms with Crippen LogP contribution in [0.5, 0.6) is 5.75 Å². The fourth-order valence-corrected chi connectivity index (χ4v) is 2.98. The maximum absolute atomic E-state index is 11.3. The van der Waals surface area contributed by atoms with Crippen LogP contribution in [0.2, 0.25) is 0 Å². The zero-order valence-electron chi connectivity index (χ0n) is 14.7. The Balaban J connectivity index is 0.00000116. The van der Waals surface area contributed by atoms with Crippen LogP contribution in [-0.4, -0.2) is 24.2 Å². The van der Waals surface area contributed by atoms with Crippen LogP contribution in [0.3, 0.4) is 0 Å². The second-order valence-electron chi connectivity index (χ2n) is 5.77. The van der Waals surface area contributed by atoms with E-state index >= 15 is 0 Å². The topological polar surface area (TPSA) is 61.6 Å². The quantitative estimate of drug-likeness (QED) is 0.617. The highest BCUT2D eigenvalue weighted by molar-refractivity contribution is 5.62. The molecular weight excluding hydrogens is 282 g/mol. The van der Waals surface area contributed by atoms with Gasteiger partial charge in [0, 0.05) is 29.4 Å². The molecule has 1 aromatic carbocycles. The molecule has 1 aromatic rings. The molecule has 0 amide bonds. The van der Waals surface area contributed by atoms with Crippen molar-refractivity contribution in [2.45, 2.75) is 60.0 Å². The molecule has 0 radical (unpaired) electrons. The second-order valence-corrected chi connectivity index (χ2v) is 5.77. The number of rotatable bonds is 3. The minimum absolute atomic E-state index is 0.222. The third-order valence-electron chi connectivity index (χ3n) is 4.22. The monoisotopic (exact) mass is 309 g/mol. The number of nitro groups is 1. The van der Waals surface area contributed by atoms with Gasteiger partial charge in [-0.15, -0.1) is 0 Å². The Morgan fingerprint density at radius 1 is 1.23 bits per heavy atom. The van der Waals surface area contributed by atoms with E-state index in [1.807, 2.05) is 34.6 Å². The van der Waals surface area contributed by atoms with Crippen molar-refractivity contribution in [3.63, 3.8) is 0 Å². The van der Waals surface area contributed by atoms with Gasteiger partial charge in [-0.2, -0.15) is 0 Å². The third kappa shape index (κ3) is 3.24. The van der Waals surface area contributed by atoms with Gasteiger partial charge in [0.1, 0.15) is 11.4 Å². The molecular formula is C17H27NO4. The van der Waals surface area contributed by atoms with E-state index in [1.165, 1.54) is 0 Å². The van der Waals surface area contributed by atoms with Crippen LogP contribution in [0, 0.1) is 30.9 Å². The van der Waals surface area contributed by atoms with E-state index in [4.69, 9.17) is 9.47 Å². The lowest BCUT2D eigenvalue weighted by Crippen LogP contribution is -2.41. The second kappa shape index (κ2) is 7.09. The van der Waals surface area contributed by atoms with Crippen molar-refractivity contribution in [1.29, 1.82) is 0 Å². The predicted octanol–water partition coefficient (Wildman–Crippen LogP) is 4.28. The fraction of sp³-hybridized carbons (Fsp3) is 0.647. The van der Waals surface area contributed by atoms with E-state index in [1.54, 1.807) is 14.0 Å². The molecule has 0 aromatic heterocycles. The number of nitro benzene ring substituents is 1. The first-order valence-corrected chi connectivity index (χ1v) is 7.75. The standard InChI is InChI=1S/C15H21NO4.C2H6/c1-9-10(2)14-12(11(3)13(9)16(17)18)6-7-15(4,20-14)8-19-5;1-2/h6-8H2,1-5H3;1-2H3. The van der Waals surface area contributed by atoms with Crippen molar-refractivity contribution in [3.8, 4) is 5.75 Å². The molecule has 0 aliphatic carbocycles. The smallest absolute Gasteiger partial charge is 0.275 e. The number of fused-ring (bicyclic) bond motifs is 1. The van der Waals surface area contributed by atoms with Gasteiger partial charge in [-0.05, 0) is 40.5 Å². The zero-order chi connectivity index (χ0) is 17.1. The van der Waals surface area contributed by atoms with E-state index in [-0.39, 0.29) is 16.2 Å². The van der Waals surface area contributed by atoms with Gasteiger partial charge in [-0.1, -0.05) is 13.8 Å². The minimum Gasteiger partial charge on any atom is -0.485 e. The van der Waals surface area contributed by atoms with Crippen LogP contribution in [0.4, 0.5) is 5.69 Å². The average molecular weight is 309 g/mol. The zero-order valence-corrected chi connectivity index (χ0v) is 14.7. The number of methoxy groups -OCH3 is 1. The molecule has 0 fully saturated rings. The van der Waals surface area contributed by atoms with Crippen molar-refractivity contribution in [2.24, 2.45) is 0 Å². The number of hydrogen-bond donors (Lipinski definition) is 0. The number of ether oxygens (including phenoxy) is 2. The third-order valence-corrected chi connectivity index (χ3v) is 4.22. The van der Waals surface area contributed by atoms with Crippen molar-refractivity contribution >= 4 is 5.69 Å². The summed E-state index contributed by atoms with van der Waals surface area (Å²) in [7, 11) is 1.66. The fourth-order valence-electron chi connectivity index (χ4n) is 2.98. The van der Waals surface area contributed by atoms with Crippen molar-refractivity contribution in [2.75, 3.05) is 13.7 Å². The molecule has 0 saturated carbocycles. The molecule has 1 unspecified atom stereocenters. The molecule has 22 heavy (non-hydrogen) atoms. The van der Waals surface area contributed by atoms with Gasteiger partial charge in [0.05, 0.1) is 11.5 Å². The lowest BCUT2D eigenvalue weighted by atomic mass is 9.87. The summed E-state index contributed by atoms with van der Waals surface area (Å²) in [6.07, 6.45) is 1.58. The highest BCUT2D eigenvalue weighted by Gasteiger charge is 2.36. The van der Waals surface area contributed by atoms with Crippen LogP contribution < -0.4 is 4.74 Å². The Morgan fingerprint density at radius 2 is 1.82 bits per heavy atom. The van der Waals surface area contributed by atoms with Gasteiger partial charge < -0.3 is 9.47 Å². The molecule has 0 saturated heterocycles. The largest absolute Gasteiger partial charge is 0.485 e. The summed E-state index contributed by atoms with van der Waals surface area (Å²) in [5.41, 5.74) is 3.11. The molecule has 5 nitrogen and oxygen atoms in total. The van der Waals surface area contributed by atoms with E-state index < -0.39 is 0 Å². The van der Waals surface area contributed by atoms with E-state index in [9.17, 15) is 10.1 Å². The van der Waals surface area contributed by atoms with Gasteiger partial charge in [-0.3, -0.25) is 10.1 Å². The molecule has 1 atom stereocenters. The van der Waals surface area contributed by atoms with Crippen molar-refractivity contribution < 1.29 is 14.4 Å². The molecule has 124 valence electrons. The van der Waals surface area contributed by atoms with Crippen LogP contribution >= 0.6 is 0 Å². The van der Waals surface area contributed by atoms with E-state index in [2.05, 4.69) is 0 Å². The number of nitrogens with zero attached hydrogens (tertiary/aromatic N) is 1. The molecule has 1 aliphatic rings. The van der Waals surface area contributed by atoms with Gasteiger partial charge >= 0.3 is 0 Å². The molecule has 0 bridgehead atoms. The highest BCUT2D eigenvalue weighted by Crippen LogP contribution is 2.43. The molecule has 5 heteroatoms. The van der Waals surface area contributed by atoms with Crippen molar-refractivity contribution in [1.82, 2.24) is 0 Å². The highest BCUT2D eigenvalue weighted by atomic mass is 16.6. The summed E-state index contributed by atoms with van der Waals surface area (Å²) in [6.45, 7) is 12.0. The molecule has 2 rings (SSSR count). The predicted molar refractivity (Wildman–Crippen MR) is 87.9 cm³/mol. The summed E-state index contributed by atoms with van der Waals surface area (Å²) in [5.74, 6) is 0.802. The van der Waals surface area contributed by atoms with Crippen LogP contribution in [0.15, 0.2) is 0 Å². The summed E-state index contributed by atoms with van der Waals surface area (Å²) >= 11 is 0. The average Bonchev–Trinajstić information content (AvgIpc) is 2.46. The summed E-state index contributed by atoms with van der Waals surface area (Å²) in [4.78, 5) is 11.0. The van der Waals surface area contributed by atoms with Crippen molar-refractivity contribution in [3.05, 3.63) is 32.4 Å². The Kier molecular flexibility index (Phi) is 5.94. The van der Waals surface area contributed by atoms with Gasteiger partial charge in [0.25, 0.3) is 5.69 Å². The van der Waals surface area contributed by atoms with Crippen LogP contribution in [0.25, 0.3) is 0 Å². The maximum atomic E-state index is 11.3. The Bertz CT molecular complexity index is 569. The summed E-state index contributed by atoms with van der Waals surface area (Å²) in [5, 5.41) is 11.3. The van der Waals surface area contributed by atoms with Gasteiger partial charge in [0.15, 0.2) is 0 Å². The van der Waals surface area contributed by atoms with Gasteiger partial charge in [-0.25, -0.2) is 0 Å². The molecule has 0 N–H and O–H groups in total. The minimum atomic E-state index is -0.360. The van der Waals surface area contributed by atoms with Crippen LogP contribution in [0.1, 0.15) is 49.4 Å². The van der Waals surface area contributed by atoms with Gasteiger partial charge in [0.2, 0.25) is 0 Å². The summed E-state index contributed by atoms with van der Waals surface area (Å²) < 4.78 is 11.4. The molecule has 0 spiro atoms. The molecule has 1 aliphatic heterocycles. The van der Waals surface area contributed by atoms with E-state index in [0.29, 0.717) is 12.2 Å². The number of benzene rings is 1. The van der Waals surface area contributed by atoms with Crippen LogP contribution in [-0.2, 0) is 11.2 Å². The first-order valence-electron chi connectivity index (χ1n) is 7.75. The SMILES string of the molecule is CC.COCC1(C)CCc2c(C)c([N+](=O)[O-])c(C)c(C)c2O1. The maximum Gasteiger partial charge on any atom is 0.275 e. The first kappa shape index (κ1) is 18.4. The Hall–Kier alpha value is -1.62.